The summed E-state index contributed by atoms with van der Waals surface area (Å²) in [5.41, 5.74) is 3.23. The lowest BCUT2D eigenvalue weighted by Gasteiger charge is -2.38. The van der Waals surface area contributed by atoms with Crippen LogP contribution in [0.5, 0.6) is 11.5 Å². The number of hydrogen-bond acceptors (Lipinski definition) is 3. The van der Waals surface area contributed by atoms with Gasteiger partial charge in [0.05, 0.1) is 20.3 Å². The van der Waals surface area contributed by atoms with Crippen LogP contribution in [0.15, 0.2) is 36.4 Å². The quantitative estimate of drug-likeness (QED) is 0.819. The van der Waals surface area contributed by atoms with E-state index >= 15 is 0 Å². The van der Waals surface area contributed by atoms with Gasteiger partial charge >= 0.3 is 0 Å². The molecule has 1 amide bonds. The van der Waals surface area contributed by atoms with Crippen molar-refractivity contribution in [2.24, 2.45) is 0 Å². The lowest BCUT2D eigenvalue weighted by atomic mass is 9.87. The monoisotopic (exact) mass is 359 g/mol. The van der Waals surface area contributed by atoms with Crippen molar-refractivity contribution in [2.45, 2.75) is 25.8 Å². The van der Waals surface area contributed by atoms with E-state index in [4.69, 9.17) is 21.1 Å². The molecule has 5 heteroatoms. The maximum Gasteiger partial charge on any atom is 0.223 e. The SMILES string of the molecule is CCC(=O)N1CCc2cc(OC)c(OC)cc2[C@H]1c1cccc(Cl)c1. The maximum atomic E-state index is 12.6. The van der Waals surface area contributed by atoms with Crippen molar-refractivity contribution in [1.29, 1.82) is 0 Å². The second kappa shape index (κ2) is 7.36. The summed E-state index contributed by atoms with van der Waals surface area (Å²) in [6.45, 7) is 2.56. The first kappa shape index (κ1) is 17.6. The molecule has 0 unspecified atom stereocenters. The molecule has 1 atom stereocenters. The van der Waals surface area contributed by atoms with Gasteiger partial charge in [-0.05, 0) is 47.4 Å². The first-order chi connectivity index (χ1) is 12.1. The predicted octanol–water partition coefficient (Wildman–Crippen LogP) is 4.24. The summed E-state index contributed by atoms with van der Waals surface area (Å²) in [6.07, 6.45) is 1.26. The number of fused-ring (bicyclic) bond motifs is 1. The molecule has 0 saturated carbocycles. The Morgan fingerprint density at radius 1 is 1.20 bits per heavy atom. The van der Waals surface area contributed by atoms with Crippen molar-refractivity contribution in [2.75, 3.05) is 20.8 Å². The second-order valence-corrected chi connectivity index (χ2v) is 6.49. The molecule has 4 nitrogen and oxygen atoms in total. The van der Waals surface area contributed by atoms with Gasteiger partial charge in [0.25, 0.3) is 0 Å². The zero-order valence-electron chi connectivity index (χ0n) is 14.7. The number of hydrogen-bond donors (Lipinski definition) is 0. The van der Waals surface area contributed by atoms with E-state index in [2.05, 4.69) is 0 Å². The fourth-order valence-electron chi connectivity index (χ4n) is 3.45. The van der Waals surface area contributed by atoms with Crippen LogP contribution >= 0.6 is 11.6 Å². The van der Waals surface area contributed by atoms with E-state index in [1.165, 1.54) is 5.56 Å². The van der Waals surface area contributed by atoms with Crippen LogP contribution in [0, 0.1) is 0 Å². The molecule has 0 spiro atoms. The molecule has 132 valence electrons. The highest BCUT2D eigenvalue weighted by Gasteiger charge is 2.32. The van der Waals surface area contributed by atoms with Crippen LogP contribution < -0.4 is 9.47 Å². The standard InChI is InChI=1S/C20H22ClNO3/c1-4-19(23)22-9-8-13-11-17(24-2)18(25-3)12-16(13)20(22)14-6-5-7-15(21)10-14/h5-7,10-12,20H,4,8-9H2,1-3H3/t20-/m1/s1. The van der Waals surface area contributed by atoms with Crippen LogP contribution in [0.3, 0.4) is 0 Å². The van der Waals surface area contributed by atoms with Crippen molar-refractivity contribution in [3.8, 4) is 11.5 Å². The molecular weight excluding hydrogens is 338 g/mol. The van der Waals surface area contributed by atoms with Gasteiger partial charge in [-0.1, -0.05) is 30.7 Å². The first-order valence-corrected chi connectivity index (χ1v) is 8.76. The Balaban J connectivity index is 2.18. The number of methoxy groups -OCH3 is 2. The van der Waals surface area contributed by atoms with E-state index in [9.17, 15) is 4.79 Å². The third kappa shape index (κ3) is 3.31. The molecule has 1 aliphatic heterocycles. The first-order valence-electron chi connectivity index (χ1n) is 8.38. The van der Waals surface area contributed by atoms with E-state index in [1.807, 2.05) is 48.2 Å². The molecule has 1 heterocycles. The molecule has 3 rings (SSSR count). The highest BCUT2D eigenvalue weighted by atomic mass is 35.5. The molecule has 0 fully saturated rings. The average molecular weight is 360 g/mol. The number of ether oxygens (including phenoxy) is 2. The minimum absolute atomic E-state index is 0.130. The van der Waals surface area contributed by atoms with Gasteiger partial charge in [0.1, 0.15) is 0 Å². The van der Waals surface area contributed by atoms with Crippen LogP contribution in [-0.4, -0.2) is 31.6 Å². The summed E-state index contributed by atoms with van der Waals surface area (Å²) in [5, 5.41) is 0.661. The van der Waals surface area contributed by atoms with Crippen molar-refractivity contribution in [3.05, 3.63) is 58.1 Å². The average Bonchev–Trinajstić information content (AvgIpc) is 2.65. The van der Waals surface area contributed by atoms with Crippen LogP contribution in [0.1, 0.15) is 36.1 Å². The second-order valence-electron chi connectivity index (χ2n) is 6.05. The van der Waals surface area contributed by atoms with Gasteiger partial charge < -0.3 is 14.4 Å². The molecule has 0 radical (unpaired) electrons. The minimum Gasteiger partial charge on any atom is -0.493 e. The summed E-state index contributed by atoms with van der Waals surface area (Å²) in [4.78, 5) is 14.5. The lowest BCUT2D eigenvalue weighted by molar-refractivity contribution is -0.132. The van der Waals surface area contributed by atoms with Gasteiger partial charge in [0.15, 0.2) is 11.5 Å². The number of halogens is 1. The third-order valence-electron chi connectivity index (χ3n) is 4.66. The van der Waals surface area contributed by atoms with Crippen molar-refractivity contribution < 1.29 is 14.3 Å². The summed E-state index contributed by atoms with van der Waals surface area (Å²) >= 11 is 6.21. The van der Waals surface area contributed by atoms with E-state index in [0.717, 1.165) is 17.5 Å². The van der Waals surface area contributed by atoms with Gasteiger partial charge in [-0.25, -0.2) is 0 Å². The van der Waals surface area contributed by atoms with Crippen molar-refractivity contribution >= 4 is 17.5 Å². The Bertz CT molecular complexity index is 791. The highest BCUT2D eigenvalue weighted by Crippen LogP contribution is 2.41. The molecule has 0 N–H and O–H groups in total. The molecule has 2 aromatic rings. The number of carbonyl (C=O) groups is 1. The van der Waals surface area contributed by atoms with Crippen molar-refractivity contribution in [3.63, 3.8) is 0 Å². The van der Waals surface area contributed by atoms with Crippen LogP contribution in [0.4, 0.5) is 0 Å². The number of benzene rings is 2. The minimum atomic E-state index is -0.172. The fraction of sp³-hybridized carbons (Fsp3) is 0.350. The number of carbonyl (C=O) groups excluding carboxylic acids is 1. The Kier molecular flexibility index (Phi) is 5.19. The van der Waals surface area contributed by atoms with E-state index in [-0.39, 0.29) is 11.9 Å². The van der Waals surface area contributed by atoms with Gasteiger partial charge in [-0.3, -0.25) is 4.79 Å². The smallest absolute Gasteiger partial charge is 0.223 e. The molecular formula is C20H22ClNO3. The van der Waals surface area contributed by atoms with Gasteiger partial charge in [0, 0.05) is 18.0 Å². The summed E-state index contributed by atoms with van der Waals surface area (Å²) in [7, 11) is 3.25. The molecule has 2 aromatic carbocycles. The van der Waals surface area contributed by atoms with Gasteiger partial charge in [0.2, 0.25) is 5.91 Å². The van der Waals surface area contributed by atoms with E-state index in [0.29, 0.717) is 29.5 Å². The van der Waals surface area contributed by atoms with Crippen LogP contribution in [0.2, 0.25) is 5.02 Å². The topological polar surface area (TPSA) is 38.8 Å². The molecule has 0 saturated heterocycles. The maximum absolute atomic E-state index is 12.6. The molecule has 0 aromatic heterocycles. The summed E-state index contributed by atoms with van der Waals surface area (Å²) in [5.74, 6) is 1.51. The fourth-order valence-corrected chi connectivity index (χ4v) is 3.65. The van der Waals surface area contributed by atoms with E-state index < -0.39 is 0 Å². The number of rotatable bonds is 4. The largest absolute Gasteiger partial charge is 0.493 e. The Hall–Kier alpha value is -2.20. The number of amides is 1. The zero-order valence-corrected chi connectivity index (χ0v) is 15.5. The molecule has 0 bridgehead atoms. The molecule has 0 aliphatic carbocycles. The van der Waals surface area contributed by atoms with Gasteiger partial charge in [-0.15, -0.1) is 0 Å². The van der Waals surface area contributed by atoms with E-state index in [1.54, 1.807) is 14.2 Å². The summed E-state index contributed by atoms with van der Waals surface area (Å²) in [6, 6.07) is 11.5. The van der Waals surface area contributed by atoms with Gasteiger partial charge in [-0.2, -0.15) is 0 Å². The molecule has 1 aliphatic rings. The van der Waals surface area contributed by atoms with Crippen LogP contribution in [0.25, 0.3) is 0 Å². The lowest BCUT2D eigenvalue weighted by Crippen LogP contribution is -2.40. The normalized spacial score (nSPS) is 16.3. The Morgan fingerprint density at radius 3 is 2.56 bits per heavy atom. The van der Waals surface area contributed by atoms with Crippen LogP contribution in [-0.2, 0) is 11.2 Å². The Labute approximate surface area is 153 Å². The highest BCUT2D eigenvalue weighted by molar-refractivity contribution is 6.30. The summed E-state index contributed by atoms with van der Waals surface area (Å²) < 4.78 is 10.9. The number of nitrogens with zero attached hydrogens (tertiary/aromatic N) is 1. The predicted molar refractivity (Wildman–Crippen MR) is 98.5 cm³/mol. The Morgan fingerprint density at radius 2 is 1.92 bits per heavy atom. The van der Waals surface area contributed by atoms with Crippen molar-refractivity contribution in [1.82, 2.24) is 4.90 Å². The molecule has 25 heavy (non-hydrogen) atoms. The zero-order chi connectivity index (χ0) is 18.0. The third-order valence-corrected chi connectivity index (χ3v) is 4.90.